The molecular weight excluding hydrogens is 196 g/mol. The molecule has 2 fully saturated rings. The molecule has 2 saturated heterocycles. The molecule has 0 aliphatic carbocycles. The predicted octanol–water partition coefficient (Wildman–Crippen LogP) is 2.56. The van der Waals surface area contributed by atoms with Crippen molar-refractivity contribution in [1.29, 1.82) is 0 Å². The molecule has 3 rings (SSSR count). The van der Waals surface area contributed by atoms with Crippen molar-refractivity contribution in [2.45, 2.75) is 25.8 Å². The fraction of sp³-hybridized carbons (Fsp3) is 0.571. The first-order chi connectivity index (χ1) is 7.83. The number of para-hydroxylation sites is 1. The normalized spacial score (nSPS) is 30.4. The van der Waals surface area contributed by atoms with Crippen molar-refractivity contribution in [3.63, 3.8) is 0 Å². The molecular formula is C14H20N2. The van der Waals surface area contributed by atoms with Gasteiger partial charge in [-0.25, -0.2) is 0 Å². The van der Waals surface area contributed by atoms with Gasteiger partial charge in [0.25, 0.3) is 0 Å². The van der Waals surface area contributed by atoms with Crippen LogP contribution in [0.4, 0.5) is 5.69 Å². The van der Waals surface area contributed by atoms with E-state index in [2.05, 4.69) is 47.1 Å². The highest BCUT2D eigenvalue weighted by Gasteiger charge is 2.34. The van der Waals surface area contributed by atoms with Crippen molar-refractivity contribution >= 4 is 5.69 Å². The molecule has 0 unspecified atom stereocenters. The Kier molecular flexibility index (Phi) is 2.60. The minimum atomic E-state index is 0.802. The maximum Gasteiger partial charge on any atom is 0.0710 e. The summed E-state index contributed by atoms with van der Waals surface area (Å²) in [5, 5.41) is 0. The lowest BCUT2D eigenvalue weighted by atomic mass is 9.95. The van der Waals surface area contributed by atoms with Gasteiger partial charge in [-0.05, 0) is 30.9 Å². The summed E-state index contributed by atoms with van der Waals surface area (Å²) in [5.74, 6) is 0.881. The van der Waals surface area contributed by atoms with Crippen LogP contribution in [0.5, 0.6) is 0 Å². The molecule has 2 nitrogen and oxygen atoms in total. The molecule has 1 aromatic rings. The summed E-state index contributed by atoms with van der Waals surface area (Å²) < 4.78 is 0. The van der Waals surface area contributed by atoms with Gasteiger partial charge >= 0.3 is 0 Å². The van der Waals surface area contributed by atoms with Crippen molar-refractivity contribution in [3.8, 4) is 0 Å². The Morgan fingerprint density at radius 3 is 2.69 bits per heavy atom. The molecule has 0 spiro atoms. The first-order valence-electron chi connectivity index (χ1n) is 6.37. The third kappa shape index (κ3) is 1.82. The third-order valence-corrected chi connectivity index (χ3v) is 3.96. The van der Waals surface area contributed by atoms with Gasteiger partial charge in [0, 0.05) is 24.8 Å². The molecule has 86 valence electrons. The lowest BCUT2D eigenvalue weighted by Crippen LogP contribution is -2.39. The largest absolute Gasteiger partial charge is 0.357 e. The predicted molar refractivity (Wildman–Crippen MR) is 67.5 cm³/mol. The quantitative estimate of drug-likeness (QED) is 0.712. The minimum Gasteiger partial charge on any atom is -0.357 e. The van der Waals surface area contributed by atoms with Crippen molar-refractivity contribution in [2.24, 2.45) is 5.92 Å². The van der Waals surface area contributed by atoms with Crippen molar-refractivity contribution in [2.75, 3.05) is 24.7 Å². The van der Waals surface area contributed by atoms with E-state index in [4.69, 9.17) is 0 Å². The molecule has 0 aromatic heterocycles. The Morgan fingerprint density at radius 1 is 1.06 bits per heavy atom. The summed E-state index contributed by atoms with van der Waals surface area (Å²) in [6.45, 7) is 6.01. The van der Waals surface area contributed by atoms with E-state index in [1.165, 1.54) is 31.6 Å². The summed E-state index contributed by atoms with van der Waals surface area (Å²) in [5.41, 5.74) is 1.38. The van der Waals surface area contributed by atoms with Crippen LogP contribution >= 0.6 is 0 Å². The number of fused-ring (bicyclic) bond motifs is 1. The average Bonchev–Trinajstić information content (AvgIpc) is 2.73. The molecule has 2 atom stereocenters. The van der Waals surface area contributed by atoms with Crippen LogP contribution in [0, 0.1) is 5.92 Å². The molecule has 1 aromatic carbocycles. The Morgan fingerprint density at radius 2 is 1.88 bits per heavy atom. The first-order valence-corrected chi connectivity index (χ1v) is 6.37. The van der Waals surface area contributed by atoms with E-state index in [0.29, 0.717) is 0 Å². The van der Waals surface area contributed by atoms with Gasteiger partial charge in [-0.2, -0.15) is 0 Å². The van der Waals surface area contributed by atoms with E-state index in [0.717, 1.165) is 18.6 Å². The highest BCUT2D eigenvalue weighted by molar-refractivity contribution is 5.47. The monoisotopic (exact) mass is 216 g/mol. The van der Waals surface area contributed by atoms with Gasteiger partial charge in [0.1, 0.15) is 0 Å². The van der Waals surface area contributed by atoms with Crippen LogP contribution < -0.4 is 4.90 Å². The van der Waals surface area contributed by atoms with E-state index < -0.39 is 0 Å². The van der Waals surface area contributed by atoms with Crippen LogP contribution in [0.2, 0.25) is 0 Å². The molecule has 2 heterocycles. The van der Waals surface area contributed by atoms with E-state index in [-0.39, 0.29) is 0 Å². The number of rotatable bonds is 1. The number of benzene rings is 1. The van der Waals surface area contributed by atoms with E-state index in [9.17, 15) is 0 Å². The van der Waals surface area contributed by atoms with Gasteiger partial charge in [0.15, 0.2) is 0 Å². The molecule has 2 aliphatic rings. The van der Waals surface area contributed by atoms with Gasteiger partial charge in [0.05, 0.1) is 6.67 Å². The summed E-state index contributed by atoms with van der Waals surface area (Å²) in [7, 11) is 0. The second-order valence-corrected chi connectivity index (χ2v) is 5.31. The van der Waals surface area contributed by atoms with Gasteiger partial charge in [0.2, 0.25) is 0 Å². The number of anilines is 1. The van der Waals surface area contributed by atoms with Crippen LogP contribution in [0.1, 0.15) is 19.8 Å². The number of nitrogens with zero attached hydrogens (tertiary/aromatic N) is 2. The zero-order chi connectivity index (χ0) is 11.0. The number of hydrogen-bond donors (Lipinski definition) is 0. The van der Waals surface area contributed by atoms with Gasteiger partial charge in [-0.15, -0.1) is 0 Å². The Hall–Kier alpha value is -1.02. The topological polar surface area (TPSA) is 6.48 Å². The zero-order valence-corrected chi connectivity index (χ0v) is 9.97. The molecule has 0 bridgehead atoms. The van der Waals surface area contributed by atoms with Crippen molar-refractivity contribution < 1.29 is 0 Å². The molecule has 16 heavy (non-hydrogen) atoms. The molecule has 0 N–H and O–H groups in total. The lowest BCUT2D eigenvalue weighted by molar-refractivity contribution is 0.161. The summed E-state index contributed by atoms with van der Waals surface area (Å²) in [6.07, 6.45) is 2.79. The number of hydrogen-bond acceptors (Lipinski definition) is 2. The Bertz CT molecular complexity index is 349. The van der Waals surface area contributed by atoms with E-state index >= 15 is 0 Å². The second kappa shape index (κ2) is 4.10. The lowest BCUT2D eigenvalue weighted by Gasteiger charge is -2.31. The average molecular weight is 216 g/mol. The minimum absolute atomic E-state index is 0.802. The molecule has 2 heteroatoms. The van der Waals surface area contributed by atoms with Crippen LogP contribution in [0.3, 0.4) is 0 Å². The fourth-order valence-corrected chi connectivity index (χ4v) is 3.04. The van der Waals surface area contributed by atoms with Gasteiger partial charge in [-0.1, -0.05) is 25.1 Å². The Labute approximate surface area is 97.9 Å². The highest BCUT2D eigenvalue weighted by atomic mass is 15.4. The van der Waals surface area contributed by atoms with Crippen molar-refractivity contribution in [1.82, 2.24) is 4.90 Å². The molecule has 0 saturated carbocycles. The molecule has 0 amide bonds. The van der Waals surface area contributed by atoms with Crippen LogP contribution in [0.15, 0.2) is 30.3 Å². The summed E-state index contributed by atoms with van der Waals surface area (Å²) in [4.78, 5) is 5.17. The summed E-state index contributed by atoms with van der Waals surface area (Å²) in [6, 6.07) is 11.6. The van der Waals surface area contributed by atoms with Crippen LogP contribution in [0.25, 0.3) is 0 Å². The van der Waals surface area contributed by atoms with E-state index in [1.54, 1.807) is 0 Å². The smallest absolute Gasteiger partial charge is 0.0710 e. The zero-order valence-electron chi connectivity index (χ0n) is 9.97. The SMILES string of the molecule is C[C@@H]1CC[C@H]2CN(c3ccccc3)CN2C1. The maximum absolute atomic E-state index is 2.65. The third-order valence-electron chi connectivity index (χ3n) is 3.96. The maximum atomic E-state index is 2.65. The fourth-order valence-electron chi connectivity index (χ4n) is 3.04. The van der Waals surface area contributed by atoms with Crippen LogP contribution in [-0.4, -0.2) is 30.7 Å². The van der Waals surface area contributed by atoms with E-state index in [1.807, 2.05) is 0 Å². The number of piperidine rings is 1. The first kappa shape index (κ1) is 10.2. The van der Waals surface area contributed by atoms with Crippen LogP contribution in [-0.2, 0) is 0 Å². The molecule has 0 radical (unpaired) electrons. The summed E-state index contributed by atoms with van der Waals surface area (Å²) >= 11 is 0. The Balaban J connectivity index is 1.73. The van der Waals surface area contributed by atoms with Gasteiger partial charge < -0.3 is 4.90 Å². The second-order valence-electron chi connectivity index (χ2n) is 5.31. The van der Waals surface area contributed by atoms with Gasteiger partial charge in [-0.3, -0.25) is 4.90 Å². The molecule has 2 aliphatic heterocycles. The van der Waals surface area contributed by atoms with Crippen molar-refractivity contribution in [3.05, 3.63) is 30.3 Å². The highest BCUT2D eigenvalue weighted by Crippen LogP contribution is 2.29. The standard InChI is InChI=1S/C14H20N2/c1-12-7-8-14-10-16(11-15(14)9-12)13-5-3-2-4-6-13/h2-6,12,14H,7-11H2,1H3/t12-,14+/m1/s1.